The first-order chi connectivity index (χ1) is 8.67. The number of anilines is 1. The second-order valence-electron chi connectivity index (χ2n) is 5.52. The fraction of sp³-hybridized carbons (Fsp3) is 0.571. The lowest BCUT2D eigenvalue weighted by molar-refractivity contribution is 0.439. The van der Waals surface area contributed by atoms with Crippen LogP contribution in [0.1, 0.15) is 36.8 Å². The van der Waals surface area contributed by atoms with Gasteiger partial charge in [-0.25, -0.2) is 4.98 Å². The van der Waals surface area contributed by atoms with E-state index in [0.29, 0.717) is 22.6 Å². The van der Waals surface area contributed by atoms with Crippen molar-refractivity contribution in [1.82, 2.24) is 4.98 Å². The number of nitrogens with zero attached hydrogens (tertiary/aromatic N) is 2. The first-order valence-corrected chi connectivity index (χ1v) is 6.89. The van der Waals surface area contributed by atoms with E-state index in [2.05, 4.69) is 16.4 Å². The minimum atomic E-state index is 0.456. The fourth-order valence-corrected chi connectivity index (χ4v) is 3.72. The van der Waals surface area contributed by atoms with Gasteiger partial charge < -0.3 is 5.32 Å². The summed E-state index contributed by atoms with van der Waals surface area (Å²) in [5.41, 5.74) is 1.52. The second-order valence-corrected chi connectivity index (χ2v) is 5.91. The highest BCUT2D eigenvalue weighted by atomic mass is 35.5. The van der Waals surface area contributed by atoms with Crippen LogP contribution >= 0.6 is 11.6 Å². The van der Waals surface area contributed by atoms with Crippen LogP contribution in [0.15, 0.2) is 6.07 Å². The molecule has 0 spiro atoms. The average Bonchev–Trinajstić information content (AvgIpc) is 2.90. The fourth-order valence-electron chi connectivity index (χ4n) is 3.48. The van der Waals surface area contributed by atoms with Crippen LogP contribution in [0.4, 0.5) is 5.82 Å². The molecule has 18 heavy (non-hydrogen) atoms. The number of rotatable bonds is 2. The Labute approximate surface area is 112 Å². The summed E-state index contributed by atoms with van der Waals surface area (Å²) in [6.45, 7) is 1.90. The molecule has 1 aromatic heterocycles. The molecule has 3 rings (SSSR count). The largest absolute Gasteiger partial charge is 0.366 e. The van der Waals surface area contributed by atoms with E-state index < -0.39 is 0 Å². The molecule has 2 aliphatic carbocycles. The van der Waals surface area contributed by atoms with E-state index >= 15 is 0 Å². The van der Waals surface area contributed by atoms with E-state index in [1.54, 1.807) is 6.07 Å². The smallest absolute Gasteiger partial charge is 0.146 e. The van der Waals surface area contributed by atoms with E-state index in [4.69, 9.17) is 11.6 Å². The van der Waals surface area contributed by atoms with Crippen molar-refractivity contribution in [1.29, 1.82) is 5.26 Å². The molecule has 3 nitrogen and oxygen atoms in total. The number of hydrogen-bond acceptors (Lipinski definition) is 3. The Kier molecular flexibility index (Phi) is 2.91. The van der Waals surface area contributed by atoms with Crippen LogP contribution in [0, 0.1) is 30.1 Å². The zero-order valence-electron chi connectivity index (χ0n) is 10.4. The third-order valence-corrected chi connectivity index (χ3v) is 4.55. The van der Waals surface area contributed by atoms with Crippen molar-refractivity contribution in [3.05, 3.63) is 22.3 Å². The van der Waals surface area contributed by atoms with Gasteiger partial charge in [0.1, 0.15) is 17.0 Å². The van der Waals surface area contributed by atoms with Gasteiger partial charge in [-0.3, -0.25) is 0 Å². The van der Waals surface area contributed by atoms with Crippen LogP contribution in [-0.2, 0) is 0 Å². The minimum absolute atomic E-state index is 0.456. The molecule has 94 valence electrons. The zero-order valence-corrected chi connectivity index (χ0v) is 11.2. The van der Waals surface area contributed by atoms with Gasteiger partial charge in [0.05, 0.1) is 5.56 Å². The maximum atomic E-state index is 9.22. The van der Waals surface area contributed by atoms with Crippen LogP contribution in [0.3, 0.4) is 0 Å². The molecule has 2 fully saturated rings. The maximum Gasteiger partial charge on any atom is 0.146 e. The third kappa shape index (κ3) is 1.95. The Morgan fingerprint density at radius 2 is 2.28 bits per heavy atom. The van der Waals surface area contributed by atoms with E-state index in [1.807, 2.05) is 6.92 Å². The van der Waals surface area contributed by atoms with Gasteiger partial charge in [-0.2, -0.15) is 5.26 Å². The summed E-state index contributed by atoms with van der Waals surface area (Å²) in [6, 6.07) is 4.44. The highest BCUT2D eigenvalue weighted by molar-refractivity contribution is 6.29. The number of aromatic nitrogens is 1. The van der Waals surface area contributed by atoms with Crippen molar-refractivity contribution in [2.75, 3.05) is 5.32 Å². The Bertz CT molecular complexity index is 521. The summed E-state index contributed by atoms with van der Waals surface area (Å²) in [4.78, 5) is 4.28. The maximum absolute atomic E-state index is 9.22. The molecule has 0 aromatic carbocycles. The Morgan fingerprint density at radius 3 is 2.89 bits per heavy atom. The van der Waals surface area contributed by atoms with Gasteiger partial charge in [-0.05, 0) is 49.7 Å². The molecule has 0 saturated heterocycles. The average molecular weight is 262 g/mol. The van der Waals surface area contributed by atoms with Crippen molar-refractivity contribution >= 4 is 17.4 Å². The molecule has 1 heterocycles. The molecule has 4 heteroatoms. The Morgan fingerprint density at radius 1 is 1.44 bits per heavy atom. The topological polar surface area (TPSA) is 48.7 Å². The van der Waals surface area contributed by atoms with Crippen LogP contribution in [0.2, 0.25) is 5.15 Å². The molecular weight excluding hydrogens is 246 g/mol. The molecule has 1 N–H and O–H groups in total. The molecule has 3 unspecified atom stereocenters. The van der Waals surface area contributed by atoms with Gasteiger partial charge in [0.2, 0.25) is 0 Å². The van der Waals surface area contributed by atoms with E-state index in [9.17, 15) is 5.26 Å². The van der Waals surface area contributed by atoms with E-state index in [1.165, 1.54) is 25.7 Å². The third-order valence-electron chi connectivity index (χ3n) is 4.36. The summed E-state index contributed by atoms with van der Waals surface area (Å²) in [6.07, 6.45) is 5.22. The van der Waals surface area contributed by atoms with Gasteiger partial charge in [0.15, 0.2) is 0 Å². The summed E-state index contributed by atoms with van der Waals surface area (Å²) < 4.78 is 0. The van der Waals surface area contributed by atoms with Crippen molar-refractivity contribution in [2.24, 2.45) is 11.8 Å². The van der Waals surface area contributed by atoms with Crippen molar-refractivity contribution in [3.8, 4) is 6.07 Å². The molecule has 0 aliphatic heterocycles. The van der Waals surface area contributed by atoms with Crippen molar-refractivity contribution in [2.45, 2.75) is 38.6 Å². The van der Waals surface area contributed by atoms with Crippen LogP contribution in [0.25, 0.3) is 0 Å². The number of nitriles is 1. The second kappa shape index (κ2) is 4.44. The SMILES string of the molecule is Cc1cc(Cl)nc(NC2CC3CCC2C3)c1C#N. The van der Waals surface area contributed by atoms with Gasteiger partial charge >= 0.3 is 0 Å². The minimum Gasteiger partial charge on any atom is -0.366 e. The van der Waals surface area contributed by atoms with Gasteiger partial charge in [0.25, 0.3) is 0 Å². The Hall–Kier alpha value is -1.27. The first kappa shape index (κ1) is 11.8. The highest BCUT2D eigenvalue weighted by Crippen LogP contribution is 2.45. The number of hydrogen-bond donors (Lipinski definition) is 1. The predicted octanol–water partition coefficient (Wildman–Crippen LogP) is 3.52. The molecule has 0 radical (unpaired) electrons. The summed E-state index contributed by atoms with van der Waals surface area (Å²) in [5, 5.41) is 13.1. The van der Waals surface area contributed by atoms with E-state index in [-0.39, 0.29) is 0 Å². The summed E-state index contributed by atoms with van der Waals surface area (Å²) in [5.74, 6) is 2.29. The molecule has 2 bridgehead atoms. The normalized spacial score (nSPS) is 29.3. The summed E-state index contributed by atoms with van der Waals surface area (Å²) >= 11 is 5.98. The highest BCUT2D eigenvalue weighted by Gasteiger charge is 2.39. The quantitative estimate of drug-likeness (QED) is 0.829. The van der Waals surface area contributed by atoms with Crippen LogP contribution in [-0.4, -0.2) is 11.0 Å². The lowest BCUT2D eigenvalue weighted by atomic mass is 9.95. The number of aryl methyl sites for hydroxylation is 1. The Balaban J connectivity index is 1.86. The lowest BCUT2D eigenvalue weighted by Gasteiger charge is -2.24. The predicted molar refractivity (Wildman–Crippen MR) is 71.6 cm³/mol. The van der Waals surface area contributed by atoms with Gasteiger partial charge in [0, 0.05) is 6.04 Å². The number of nitrogens with one attached hydrogen (secondary N) is 1. The molecule has 1 aromatic rings. The first-order valence-electron chi connectivity index (χ1n) is 6.51. The van der Waals surface area contributed by atoms with Crippen molar-refractivity contribution < 1.29 is 0 Å². The van der Waals surface area contributed by atoms with Gasteiger partial charge in [-0.1, -0.05) is 18.0 Å². The van der Waals surface area contributed by atoms with Crippen molar-refractivity contribution in [3.63, 3.8) is 0 Å². The molecular formula is C14H16ClN3. The number of fused-ring (bicyclic) bond motifs is 2. The molecule has 3 atom stereocenters. The monoisotopic (exact) mass is 261 g/mol. The molecule has 2 aliphatic rings. The van der Waals surface area contributed by atoms with Gasteiger partial charge in [-0.15, -0.1) is 0 Å². The standard InChI is InChI=1S/C14H16ClN3/c1-8-4-13(15)18-14(11(8)7-16)17-12-6-9-2-3-10(12)5-9/h4,9-10,12H,2-3,5-6H2,1H3,(H,17,18). The van der Waals surface area contributed by atoms with Crippen LogP contribution < -0.4 is 5.32 Å². The lowest BCUT2D eigenvalue weighted by Crippen LogP contribution is -2.27. The molecule has 2 saturated carbocycles. The molecule has 0 amide bonds. The number of halogens is 1. The number of pyridine rings is 1. The van der Waals surface area contributed by atoms with E-state index in [0.717, 1.165) is 17.4 Å². The summed E-state index contributed by atoms with van der Waals surface area (Å²) in [7, 11) is 0. The zero-order chi connectivity index (χ0) is 12.7. The van der Waals surface area contributed by atoms with Crippen LogP contribution in [0.5, 0.6) is 0 Å².